The smallest absolute Gasteiger partial charge is 0.0114 e. The van der Waals surface area contributed by atoms with Crippen LogP contribution in [0.3, 0.4) is 0 Å². The van der Waals surface area contributed by atoms with Gasteiger partial charge in [0.15, 0.2) is 0 Å². The molecular formula is C13H17Cl. The fraction of sp³-hybridized carbons (Fsp3) is 0.385. The molecule has 0 heterocycles. The fourth-order valence-electron chi connectivity index (χ4n) is 2.23. The molecule has 0 amide bonds. The largest absolute Gasteiger partial charge is 0.147 e. The normalized spacial score (nSPS) is 17.7. The predicted octanol–water partition coefficient (Wildman–Crippen LogP) is 4.19. The highest BCUT2D eigenvalue weighted by atomic mass is 35.5. The van der Waals surface area contributed by atoms with Crippen LogP contribution < -0.4 is 0 Å². The van der Waals surface area contributed by atoms with Crippen LogP contribution in [0, 0.1) is 0 Å². The van der Waals surface area contributed by atoms with Gasteiger partial charge in [0.25, 0.3) is 0 Å². The first kappa shape index (κ1) is 11.3. The number of halogens is 1. The van der Waals surface area contributed by atoms with Gasteiger partial charge in [0.05, 0.1) is 0 Å². The summed E-state index contributed by atoms with van der Waals surface area (Å²) in [6.45, 7) is 9.08. The van der Waals surface area contributed by atoms with E-state index in [4.69, 9.17) is 0 Å². The highest BCUT2D eigenvalue weighted by Crippen LogP contribution is 2.45. The lowest BCUT2D eigenvalue weighted by Crippen LogP contribution is -2.15. The monoisotopic (exact) mass is 208 g/mol. The standard InChI is InChI=1S/C13H16.ClH/c1-9-10(2)13(3,4)12-8-6-5-7-11(9)12;/h5-8H,1-4H3;1H. The van der Waals surface area contributed by atoms with E-state index in [1.54, 1.807) is 0 Å². The van der Waals surface area contributed by atoms with E-state index in [2.05, 4.69) is 52.0 Å². The van der Waals surface area contributed by atoms with E-state index in [1.165, 1.54) is 22.3 Å². The van der Waals surface area contributed by atoms with Crippen molar-refractivity contribution in [1.29, 1.82) is 0 Å². The Morgan fingerprint density at radius 1 is 1.00 bits per heavy atom. The highest BCUT2D eigenvalue weighted by molar-refractivity contribution is 5.85. The molecule has 1 aliphatic carbocycles. The zero-order valence-electron chi connectivity index (χ0n) is 9.22. The topological polar surface area (TPSA) is 0 Å². The molecule has 0 saturated heterocycles. The van der Waals surface area contributed by atoms with Crippen molar-refractivity contribution in [3.8, 4) is 0 Å². The third kappa shape index (κ3) is 1.29. The lowest BCUT2D eigenvalue weighted by Gasteiger charge is -2.22. The lowest BCUT2D eigenvalue weighted by atomic mass is 9.82. The first-order chi connectivity index (χ1) is 6.05. The highest BCUT2D eigenvalue weighted by Gasteiger charge is 2.32. The molecule has 0 aromatic heterocycles. The minimum Gasteiger partial charge on any atom is -0.147 e. The molecule has 1 aromatic carbocycles. The van der Waals surface area contributed by atoms with Crippen LogP contribution in [0.1, 0.15) is 38.8 Å². The summed E-state index contributed by atoms with van der Waals surface area (Å²) >= 11 is 0. The van der Waals surface area contributed by atoms with Crippen LogP contribution in [0.4, 0.5) is 0 Å². The van der Waals surface area contributed by atoms with E-state index in [1.807, 2.05) is 0 Å². The Bertz CT molecular complexity index is 386. The van der Waals surface area contributed by atoms with E-state index in [9.17, 15) is 0 Å². The number of fused-ring (bicyclic) bond motifs is 1. The van der Waals surface area contributed by atoms with Crippen molar-refractivity contribution in [1.82, 2.24) is 0 Å². The van der Waals surface area contributed by atoms with Crippen molar-refractivity contribution < 1.29 is 0 Å². The van der Waals surface area contributed by atoms with Crippen molar-refractivity contribution in [2.24, 2.45) is 0 Å². The average Bonchev–Trinajstić information content (AvgIpc) is 2.30. The van der Waals surface area contributed by atoms with E-state index in [0.29, 0.717) is 0 Å². The second kappa shape index (κ2) is 3.43. The Morgan fingerprint density at radius 2 is 1.57 bits per heavy atom. The van der Waals surface area contributed by atoms with Gasteiger partial charge in [-0.15, -0.1) is 12.4 Å². The SMILES string of the molecule is CC1=C(C)C(C)(C)c2ccccc21.Cl. The molecule has 0 aliphatic heterocycles. The van der Waals surface area contributed by atoms with Gasteiger partial charge in [-0.3, -0.25) is 0 Å². The fourth-order valence-corrected chi connectivity index (χ4v) is 2.23. The third-order valence-electron chi connectivity index (χ3n) is 3.50. The van der Waals surface area contributed by atoms with Gasteiger partial charge in [-0.25, -0.2) is 0 Å². The molecular weight excluding hydrogens is 192 g/mol. The van der Waals surface area contributed by atoms with Crippen molar-refractivity contribution >= 4 is 18.0 Å². The van der Waals surface area contributed by atoms with E-state index in [-0.39, 0.29) is 17.8 Å². The predicted molar refractivity (Wildman–Crippen MR) is 65.0 cm³/mol. The Hall–Kier alpha value is -0.750. The van der Waals surface area contributed by atoms with Gasteiger partial charge in [0.2, 0.25) is 0 Å². The van der Waals surface area contributed by atoms with Crippen LogP contribution in [-0.2, 0) is 5.41 Å². The minimum absolute atomic E-state index is 0. The van der Waals surface area contributed by atoms with Crippen molar-refractivity contribution in [2.75, 3.05) is 0 Å². The maximum absolute atomic E-state index is 2.30. The van der Waals surface area contributed by atoms with Gasteiger partial charge in [0, 0.05) is 5.41 Å². The quantitative estimate of drug-likeness (QED) is 0.600. The molecule has 0 N–H and O–H groups in total. The molecule has 2 rings (SSSR count). The summed E-state index contributed by atoms with van der Waals surface area (Å²) in [7, 11) is 0. The molecule has 1 heteroatoms. The van der Waals surface area contributed by atoms with Gasteiger partial charge in [-0.2, -0.15) is 0 Å². The first-order valence-electron chi connectivity index (χ1n) is 4.83. The molecule has 0 fully saturated rings. The second-order valence-electron chi connectivity index (χ2n) is 4.42. The third-order valence-corrected chi connectivity index (χ3v) is 3.50. The molecule has 0 unspecified atom stereocenters. The molecule has 1 aromatic rings. The second-order valence-corrected chi connectivity index (χ2v) is 4.42. The number of allylic oxidation sites excluding steroid dienone is 2. The summed E-state index contributed by atoms with van der Waals surface area (Å²) in [6.07, 6.45) is 0. The van der Waals surface area contributed by atoms with Crippen LogP contribution in [0.15, 0.2) is 29.8 Å². The summed E-state index contributed by atoms with van der Waals surface area (Å²) in [4.78, 5) is 0. The van der Waals surface area contributed by atoms with Gasteiger partial charge in [0.1, 0.15) is 0 Å². The minimum atomic E-state index is 0. The molecule has 0 bridgehead atoms. The van der Waals surface area contributed by atoms with Crippen LogP contribution in [-0.4, -0.2) is 0 Å². The van der Waals surface area contributed by atoms with Gasteiger partial charge in [-0.1, -0.05) is 43.7 Å². The summed E-state index contributed by atoms with van der Waals surface area (Å²) < 4.78 is 0. The Balaban J connectivity index is 0.000000980. The average molecular weight is 209 g/mol. The van der Waals surface area contributed by atoms with Crippen molar-refractivity contribution in [2.45, 2.75) is 33.1 Å². The molecule has 0 spiro atoms. The van der Waals surface area contributed by atoms with E-state index in [0.717, 1.165) is 0 Å². The van der Waals surface area contributed by atoms with Gasteiger partial charge >= 0.3 is 0 Å². The van der Waals surface area contributed by atoms with Crippen molar-refractivity contribution in [3.63, 3.8) is 0 Å². The molecule has 0 atom stereocenters. The van der Waals surface area contributed by atoms with Crippen LogP contribution in [0.5, 0.6) is 0 Å². The Labute approximate surface area is 92.4 Å². The zero-order chi connectivity index (χ0) is 9.64. The summed E-state index contributed by atoms with van der Waals surface area (Å²) in [5.74, 6) is 0. The summed E-state index contributed by atoms with van der Waals surface area (Å²) in [6, 6.07) is 8.72. The van der Waals surface area contributed by atoms with Crippen LogP contribution in [0.2, 0.25) is 0 Å². The Kier molecular flexibility index (Phi) is 2.78. The summed E-state index contributed by atoms with van der Waals surface area (Å²) in [5.41, 5.74) is 6.12. The molecule has 0 nitrogen and oxygen atoms in total. The van der Waals surface area contributed by atoms with Gasteiger partial charge in [-0.05, 0) is 30.5 Å². The molecule has 14 heavy (non-hydrogen) atoms. The number of benzene rings is 1. The maximum Gasteiger partial charge on any atom is 0.0114 e. The summed E-state index contributed by atoms with van der Waals surface area (Å²) in [5, 5.41) is 0. The number of hydrogen-bond acceptors (Lipinski definition) is 0. The van der Waals surface area contributed by atoms with Crippen LogP contribution in [0.25, 0.3) is 5.57 Å². The van der Waals surface area contributed by atoms with E-state index < -0.39 is 0 Å². The molecule has 0 saturated carbocycles. The number of hydrogen-bond donors (Lipinski definition) is 0. The zero-order valence-corrected chi connectivity index (χ0v) is 10.0. The lowest BCUT2D eigenvalue weighted by molar-refractivity contribution is 0.639. The van der Waals surface area contributed by atoms with E-state index >= 15 is 0 Å². The molecule has 0 radical (unpaired) electrons. The maximum atomic E-state index is 2.30. The Morgan fingerprint density at radius 3 is 2.14 bits per heavy atom. The first-order valence-corrected chi connectivity index (χ1v) is 4.83. The molecule has 1 aliphatic rings. The van der Waals surface area contributed by atoms with Crippen LogP contribution >= 0.6 is 12.4 Å². The van der Waals surface area contributed by atoms with Crippen molar-refractivity contribution in [3.05, 3.63) is 41.0 Å². The number of rotatable bonds is 0. The molecule has 76 valence electrons. The van der Waals surface area contributed by atoms with Gasteiger partial charge < -0.3 is 0 Å².